The van der Waals surface area contributed by atoms with Gasteiger partial charge in [0.25, 0.3) is 0 Å². The molecule has 74 valence electrons. The maximum Gasteiger partial charge on any atom is 0.222 e. The summed E-state index contributed by atoms with van der Waals surface area (Å²) in [7, 11) is 0. The molecule has 0 spiro atoms. The zero-order valence-electron chi connectivity index (χ0n) is 7.40. The van der Waals surface area contributed by atoms with Crippen LogP contribution in [-0.4, -0.2) is 17.0 Å². The maximum atomic E-state index is 10.6. The van der Waals surface area contributed by atoms with Crippen molar-refractivity contribution in [3.63, 3.8) is 0 Å². The van der Waals surface area contributed by atoms with Crippen molar-refractivity contribution in [1.29, 1.82) is 0 Å². The van der Waals surface area contributed by atoms with Crippen molar-refractivity contribution in [3.05, 3.63) is 18.3 Å². The van der Waals surface area contributed by atoms with Crippen LogP contribution in [-0.2, 0) is 4.79 Å². The van der Waals surface area contributed by atoms with Gasteiger partial charge in [0.1, 0.15) is 11.9 Å². The van der Waals surface area contributed by atoms with Crippen molar-refractivity contribution < 1.29 is 14.7 Å². The average Bonchev–Trinajstić information content (AvgIpc) is 2.06. The Balaban J connectivity index is 2.68. The van der Waals surface area contributed by atoms with Gasteiger partial charge in [-0.15, -0.1) is 0 Å². The van der Waals surface area contributed by atoms with E-state index in [0.717, 1.165) is 0 Å². The van der Waals surface area contributed by atoms with Crippen LogP contribution >= 0.6 is 0 Å². The number of anilines is 2. The quantitative estimate of drug-likeness (QED) is 0.681. The summed E-state index contributed by atoms with van der Waals surface area (Å²) >= 11 is 0. The van der Waals surface area contributed by atoms with Crippen molar-refractivity contribution in [2.75, 3.05) is 10.6 Å². The molecule has 0 aliphatic rings. The van der Waals surface area contributed by atoms with Gasteiger partial charge in [-0.1, -0.05) is 0 Å². The van der Waals surface area contributed by atoms with E-state index in [-0.39, 0.29) is 5.91 Å². The standard InChI is InChI=1S/C8H9N3O3/c1-5(12)10-7-3-2-6(4-9-7)11-8(13)14/h2-4,11H,1H3,(H,13,14)(H,9,10,12)/p-1. The van der Waals surface area contributed by atoms with E-state index < -0.39 is 6.09 Å². The zero-order chi connectivity index (χ0) is 10.6. The minimum Gasteiger partial charge on any atom is -0.530 e. The lowest BCUT2D eigenvalue weighted by Gasteiger charge is -2.06. The molecule has 6 nitrogen and oxygen atoms in total. The van der Waals surface area contributed by atoms with E-state index >= 15 is 0 Å². The molecule has 0 bridgehead atoms. The Morgan fingerprint density at radius 3 is 2.50 bits per heavy atom. The van der Waals surface area contributed by atoms with Crippen molar-refractivity contribution in [3.8, 4) is 0 Å². The van der Waals surface area contributed by atoms with Crippen LogP contribution in [0.2, 0.25) is 0 Å². The third kappa shape index (κ3) is 3.10. The molecular formula is C8H8N3O3-. The Labute approximate surface area is 80.0 Å². The summed E-state index contributed by atoms with van der Waals surface area (Å²) < 4.78 is 0. The van der Waals surface area contributed by atoms with E-state index in [2.05, 4.69) is 10.3 Å². The van der Waals surface area contributed by atoms with Crippen LogP contribution in [0, 0.1) is 0 Å². The number of rotatable bonds is 2. The SMILES string of the molecule is CC(=O)Nc1ccc(NC(=O)[O-])cn1. The third-order valence-corrected chi connectivity index (χ3v) is 1.31. The van der Waals surface area contributed by atoms with Crippen LogP contribution in [0.4, 0.5) is 16.3 Å². The molecule has 1 aromatic rings. The molecule has 14 heavy (non-hydrogen) atoms. The van der Waals surface area contributed by atoms with E-state index in [1.807, 2.05) is 5.32 Å². The Bertz CT molecular complexity index is 312. The van der Waals surface area contributed by atoms with E-state index in [1.54, 1.807) is 0 Å². The normalized spacial score (nSPS) is 9.21. The van der Waals surface area contributed by atoms with Gasteiger partial charge in [0.15, 0.2) is 0 Å². The number of nitrogens with zero attached hydrogens (tertiary/aromatic N) is 1. The highest BCUT2D eigenvalue weighted by molar-refractivity contribution is 5.88. The summed E-state index contributed by atoms with van der Waals surface area (Å²) in [5.74, 6) is 0.125. The fraction of sp³-hybridized carbons (Fsp3) is 0.125. The molecule has 1 aromatic heterocycles. The second-order valence-electron chi connectivity index (χ2n) is 2.53. The number of carboxylic acid groups (broad SMARTS) is 1. The second kappa shape index (κ2) is 4.22. The molecule has 0 aliphatic heterocycles. The maximum absolute atomic E-state index is 10.6. The number of hydrogen-bond acceptors (Lipinski definition) is 4. The van der Waals surface area contributed by atoms with E-state index in [1.165, 1.54) is 25.3 Å². The van der Waals surface area contributed by atoms with Crippen LogP contribution in [0.25, 0.3) is 0 Å². The van der Waals surface area contributed by atoms with Crippen LogP contribution in [0.3, 0.4) is 0 Å². The molecule has 6 heteroatoms. The summed E-state index contributed by atoms with van der Waals surface area (Å²) in [5.41, 5.74) is 0.291. The first kappa shape index (κ1) is 9.97. The first-order valence-corrected chi connectivity index (χ1v) is 3.79. The average molecular weight is 194 g/mol. The number of hydrogen-bond donors (Lipinski definition) is 2. The predicted molar refractivity (Wildman–Crippen MR) is 47.6 cm³/mol. The van der Waals surface area contributed by atoms with Crippen molar-refractivity contribution in [1.82, 2.24) is 4.98 Å². The van der Waals surface area contributed by atoms with Gasteiger partial charge in [0, 0.05) is 6.92 Å². The molecule has 1 heterocycles. The molecule has 2 N–H and O–H groups in total. The summed E-state index contributed by atoms with van der Waals surface area (Å²) in [5, 5.41) is 14.6. The first-order valence-electron chi connectivity index (χ1n) is 3.79. The highest BCUT2D eigenvalue weighted by atomic mass is 16.4. The lowest BCUT2D eigenvalue weighted by atomic mass is 10.4. The van der Waals surface area contributed by atoms with Gasteiger partial charge in [0.05, 0.1) is 11.9 Å². The number of pyridine rings is 1. The predicted octanol–water partition coefficient (Wildman–Crippen LogP) is -0.205. The lowest BCUT2D eigenvalue weighted by Crippen LogP contribution is -2.28. The van der Waals surface area contributed by atoms with Gasteiger partial charge in [-0.25, -0.2) is 4.98 Å². The molecule has 0 radical (unpaired) electrons. The lowest BCUT2D eigenvalue weighted by molar-refractivity contribution is -0.242. The van der Waals surface area contributed by atoms with Crippen molar-refractivity contribution in [2.24, 2.45) is 0 Å². The molecular weight excluding hydrogens is 186 g/mol. The smallest absolute Gasteiger partial charge is 0.222 e. The number of carbonyl (C=O) groups excluding carboxylic acids is 2. The largest absolute Gasteiger partial charge is 0.530 e. The Hall–Kier alpha value is -2.11. The summed E-state index contributed by atoms with van der Waals surface area (Å²) in [6, 6.07) is 2.95. The molecule has 2 amide bonds. The van der Waals surface area contributed by atoms with Gasteiger partial charge < -0.3 is 20.5 Å². The van der Waals surface area contributed by atoms with Crippen LogP contribution < -0.4 is 15.7 Å². The van der Waals surface area contributed by atoms with Crippen LogP contribution in [0.5, 0.6) is 0 Å². The van der Waals surface area contributed by atoms with Gasteiger partial charge in [-0.2, -0.15) is 0 Å². The fourth-order valence-corrected chi connectivity index (χ4v) is 0.840. The third-order valence-electron chi connectivity index (χ3n) is 1.31. The number of nitrogens with one attached hydrogen (secondary N) is 2. The summed E-state index contributed by atoms with van der Waals surface area (Å²) in [6.07, 6.45) is -0.125. The molecule has 0 aliphatic carbocycles. The molecule has 0 atom stereocenters. The Morgan fingerprint density at radius 2 is 2.07 bits per heavy atom. The van der Waals surface area contributed by atoms with Crippen LogP contribution in [0.1, 0.15) is 6.92 Å². The molecule has 0 unspecified atom stereocenters. The highest BCUT2D eigenvalue weighted by Gasteiger charge is 1.96. The molecule has 0 fully saturated rings. The number of amides is 2. The molecule has 1 rings (SSSR count). The van der Waals surface area contributed by atoms with Gasteiger partial charge in [0.2, 0.25) is 5.91 Å². The summed E-state index contributed by atoms with van der Waals surface area (Å²) in [6.45, 7) is 1.36. The molecule has 0 aromatic carbocycles. The minimum absolute atomic E-state index is 0.238. The van der Waals surface area contributed by atoms with Crippen molar-refractivity contribution in [2.45, 2.75) is 6.92 Å². The van der Waals surface area contributed by atoms with Crippen LogP contribution in [0.15, 0.2) is 18.3 Å². The zero-order valence-corrected chi connectivity index (χ0v) is 7.40. The number of aromatic nitrogens is 1. The highest BCUT2D eigenvalue weighted by Crippen LogP contribution is 2.08. The Kier molecular flexibility index (Phi) is 3.01. The minimum atomic E-state index is -1.40. The molecule has 0 saturated heterocycles. The van der Waals surface area contributed by atoms with Gasteiger partial charge in [-0.3, -0.25) is 4.79 Å². The van der Waals surface area contributed by atoms with E-state index in [4.69, 9.17) is 0 Å². The van der Waals surface area contributed by atoms with Gasteiger partial charge >= 0.3 is 0 Å². The number of carbonyl (C=O) groups is 2. The topological polar surface area (TPSA) is 94.2 Å². The van der Waals surface area contributed by atoms with E-state index in [0.29, 0.717) is 11.5 Å². The van der Waals surface area contributed by atoms with Gasteiger partial charge in [-0.05, 0) is 12.1 Å². The summed E-state index contributed by atoms with van der Waals surface area (Å²) in [4.78, 5) is 24.5. The van der Waals surface area contributed by atoms with Crippen molar-refractivity contribution >= 4 is 23.5 Å². The molecule has 0 saturated carbocycles. The Morgan fingerprint density at radius 1 is 1.36 bits per heavy atom. The first-order chi connectivity index (χ1) is 6.58. The monoisotopic (exact) mass is 194 g/mol. The fourth-order valence-electron chi connectivity index (χ4n) is 0.840. The second-order valence-corrected chi connectivity index (χ2v) is 2.53. The van der Waals surface area contributed by atoms with E-state index in [9.17, 15) is 14.7 Å².